The minimum absolute atomic E-state index is 0.0940. The summed E-state index contributed by atoms with van der Waals surface area (Å²) in [5.74, 6) is -1.75. The summed E-state index contributed by atoms with van der Waals surface area (Å²) in [4.78, 5) is 50.4. The first kappa shape index (κ1) is 19.1. The first-order valence-corrected chi connectivity index (χ1v) is 7.97. The Kier molecular flexibility index (Phi) is 7.19. The monoisotopic (exact) mass is 327 g/mol. The summed E-state index contributed by atoms with van der Waals surface area (Å²) >= 11 is 0. The van der Waals surface area contributed by atoms with Gasteiger partial charge in [0.05, 0.1) is 0 Å². The molecule has 0 aliphatic carbocycles. The third kappa shape index (κ3) is 7.76. The summed E-state index contributed by atoms with van der Waals surface area (Å²) < 4.78 is 5.19. The Morgan fingerprint density at radius 2 is 1.39 bits per heavy atom. The van der Waals surface area contributed by atoms with Gasteiger partial charge in [0.15, 0.2) is 0 Å². The molecule has 1 aliphatic rings. The van der Waals surface area contributed by atoms with Gasteiger partial charge in [0, 0.05) is 25.7 Å². The highest BCUT2D eigenvalue weighted by atomic mass is 16.7. The van der Waals surface area contributed by atoms with Crippen LogP contribution in [-0.2, 0) is 28.8 Å². The van der Waals surface area contributed by atoms with Crippen molar-refractivity contribution in [2.75, 3.05) is 0 Å². The first-order valence-electron chi connectivity index (χ1n) is 7.97. The lowest BCUT2D eigenvalue weighted by molar-refractivity contribution is -0.197. The first-order chi connectivity index (χ1) is 10.7. The van der Waals surface area contributed by atoms with E-state index in [0.29, 0.717) is 24.3 Å². The lowest BCUT2D eigenvalue weighted by Gasteiger charge is -2.19. The second-order valence-corrected chi connectivity index (χ2v) is 6.55. The van der Waals surface area contributed by atoms with E-state index in [9.17, 15) is 19.2 Å². The second-order valence-electron chi connectivity index (χ2n) is 6.55. The standard InChI is InChI=1S/C16H25NO6/c1-16(2,3)22-14(20)8-6-4-5-7-9-15(21)23-17-12(18)10-11-13(17)19/h4-11H2,1-3H3. The SMILES string of the molecule is CC(C)(C)OC(=O)CCCCCCC(=O)ON1C(=O)CCC1=O. The number of nitrogens with zero attached hydrogens (tertiary/aromatic N) is 1. The average Bonchev–Trinajstić information content (AvgIpc) is 2.72. The molecule has 130 valence electrons. The fraction of sp³-hybridized carbons (Fsp3) is 0.750. The van der Waals surface area contributed by atoms with E-state index in [4.69, 9.17) is 9.57 Å². The molecule has 2 amide bonds. The van der Waals surface area contributed by atoms with Gasteiger partial charge < -0.3 is 9.57 Å². The fourth-order valence-electron chi connectivity index (χ4n) is 2.09. The van der Waals surface area contributed by atoms with Gasteiger partial charge in [0.1, 0.15) is 5.60 Å². The number of amides is 2. The lowest BCUT2D eigenvalue weighted by atomic mass is 10.1. The maximum atomic E-state index is 11.5. The number of hydrogen-bond donors (Lipinski definition) is 0. The van der Waals surface area contributed by atoms with Gasteiger partial charge in [-0.25, -0.2) is 4.79 Å². The molecule has 0 aromatic heterocycles. The molecule has 7 nitrogen and oxygen atoms in total. The zero-order chi connectivity index (χ0) is 17.5. The highest BCUT2D eigenvalue weighted by Gasteiger charge is 2.32. The molecule has 0 aromatic carbocycles. The minimum atomic E-state index is -0.583. The van der Waals surface area contributed by atoms with Crippen molar-refractivity contribution in [3.63, 3.8) is 0 Å². The van der Waals surface area contributed by atoms with Gasteiger partial charge >= 0.3 is 11.9 Å². The molecule has 0 N–H and O–H groups in total. The molecule has 1 saturated heterocycles. The number of rotatable bonds is 8. The van der Waals surface area contributed by atoms with E-state index in [1.165, 1.54) is 0 Å². The smallest absolute Gasteiger partial charge is 0.333 e. The van der Waals surface area contributed by atoms with Crippen LogP contribution in [0, 0.1) is 0 Å². The third-order valence-electron chi connectivity index (χ3n) is 3.13. The molecule has 1 aliphatic heterocycles. The van der Waals surface area contributed by atoms with Crippen LogP contribution in [-0.4, -0.2) is 34.4 Å². The number of hydrogen-bond acceptors (Lipinski definition) is 6. The molecule has 0 spiro atoms. The van der Waals surface area contributed by atoms with E-state index in [0.717, 1.165) is 12.8 Å². The Morgan fingerprint density at radius 1 is 0.913 bits per heavy atom. The molecule has 1 fully saturated rings. The van der Waals surface area contributed by atoms with Crippen molar-refractivity contribution < 1.29 is 28.8 Å². The van der Waals surface area contributed by atoms with Crippen LogP contribution in [0.15, 0.2) is 0 Å². The minimum Gasteiger partial charge on any atom is -0.460 e. The van der Waals surface area contributed by atoms with E-state index in [2.05, 4.69) is 0 Å². The van der Waals surface area contributed by atoms with E-state index >= 15 is 0 Å². The molecule has 0 unspecified atom stereocenters. The van der Waals surface area contributed by atoms with Crippen molar-refractivity contribution >= 4 is 23.8 Å². The average molecular weight is 327 g/mol. The lowest BCUT2D eigenvalue weighted by Crippen LogP contribution is -2.31. The summed E-state index contributed by atoms with van der Waals surface area (Å²) in [6.07, 6.45) is 3.54. The highest BCUT2D eigenvalue weighted by Crippen LogP contribution is 2.14. The van der Waals surface area contributed by atoms with Gasteiger partial charge in [-0.1, -0.05) is 12.8 Å². The Morgan fingerprint density at radius 3 is 1.87 bits per heavy atom. The number of unbranched alkanes of at least 4 members (excludes halogenated alkanes) is 3. The van der Waals surface area contributed by atoms with E-state index in [1.54, 1.807) is 0 Å². The van der Waals surface area contributed by atoms with Gasteiger partial charge in [-0.2, -0.15) is 0 Å². The van der Waals surface area contributed by atoms with Crippen molar-refractivity contribution in [3.05, 3.63) is 0 Å². The molecule has 0 aromatic rings. The van der Waals surface area contributed by atoms with Crippen molar-refractivity contribution in [1.29, 1.82) is 0 Å². The molecule has 1 rings (SSSR count). The molecule has 0 saturated carbocycles. The summed E-state index contributed by atoms with van der Waals surface area (Å²) in [5.41, 5.74) is -0.467. The number of esters is 1. The van der Waals surface area contributed by atoms with E-state index < -0.39 is 23.4 Å². The van der Waals surface area contributed by atoms with Crippen LogP contribution in [0.2, 0.25) is 0 Å². The van der Waals surface area contributed by atoms with Crippen molar-refractivity contribution in [1.82, 2.24) is 5.06 Å². The molecule has 7 heteroatoms. The molecular formula is C16H25NO6. The third-order valence-corrected chi connectivity index (χ3v) is 3.13. The van der Waals surface area contributed by atoms with Crippen LogP contribution in [0.3, 0.4) is 0 Å². The molecule has 1 heterocycles. The van der Waals surface area contributed by atoms with Crippen molar-refractivity contribution in [2.45, 2.75) is 77.7 Å². The number of imide groups is 1. The highest BCUT2D eigenvalue weighted by molar-refractivity contribution is 6.01. The van der Waals surface area contributed by atoms with Crippen molar-refractivity contribution in [2.24, 2.45) is 0 Å². The van der Waals surface area contributed by atoms with Gasteiger partial charge in [-0.3, -0.25) is 14.4 Å². The Balaban J connectivity index is 2.06. The fourth-order valence-corrected chi connectivity index (χ4v) is 2.09. The number of carbonyl (C=O) groups is 4. The molecular weight excluding hydrogens is 302 g/mol. The zero-order valence-corrected chi connectivity index (χ0v) is 14.1. The van der Waals surface area contributed by atoms with Crippen LogP contribution in [0.4, 0.5) is 0 Å². The van der Waals surface area contributed by atoms with Crippen molar-refractivity contribution in [3.8, 4) is 0 Å². The quantitative estimate of drug-likeness (QED) is 0.386. The molecule has 0 atom stereocenters. The topological polar surface area (TPSA) is 90.0 Å². The van der Waals surface area contributed by atoms with Gasteiger partial charge in [0.25, 0.3) is 11.8 Å². The molecule has 23 heavy (non-hydrogen) atoms. The van der Waals surface area contributed by atoms with Crippen LogP contribution in [0.1, 0.15) is 72.1 Å². The van der Waals surface area contributed by atoms with E-state index in [1.807, 2.05) is 20.8 Å². The maximum Gasteiger partial charge on any atom is 0.333 e. The van der Waals surface area contributed by atoms with Gasteiger partial charge in [0.2, 0.25) is 0 Å². The Labute approximate surface area is 136 Å². The summed E-state index contributed by atoms with van der Waals surface area (Å²) in [6.45, 7) is 5.48. The predicted molar refractivity (Wildman–Crippen MR) is 80.7 cm³/mol. The number of hydroxylamine groups is 2. The second kappa shape index (κ2) is 8.64. The Bertz CT molecular complexity index is 450. The van der Waals surface area contributed by atoms with Gasteiger partial charge in [-0.05, 0) is 33.6 Å². The van der Waals surface area contributed by atoms with Crippen LogP contribution >= 0.6 is 0 Å². The van der Waals surface area contributed by atoms with Crippen LogP contribution < -0.4 is 0 Å². The van der Waals surface area contributed by atoms with E-state index in [-0.39, 0.29) is 25.2 Å². The largest absolute Gasteiger partial charge is 0.460 e. The molecule has 0 radical (unpaired) electrons. The number of carbonyl (C=O) groups excluding carboxylic acids is 4. The molecule has 0 bridgehead atoms. The number of ether oxygens (including phenoxy) is 1. The maximum absolute atomic E-state index is 11.5. The summed E-state index contributed by atoms with van der Waals surface area (Å²) in [5, 5.41) is 0.560. The summed E-state index contributed by atoms with van der Waals surface area (Å²) in [7, 11) is 0. The predicted octanol–water partition coefficient (Wildman–Crippen LogP) is 2.28. The van der Waals surface area contributed by atoms with Crippen LogP contribution in [0.5, 0.6) is 0 Å². The zero-order valence-electron chi connectivity index (χ0n) is 14.1. The summed E-state index contributed by atoms with van der Waals surface area (Å²) in [6, 6.07) is 0. The van der Waals surface area contributed by atoms with Gasteiger partial charge in [-0.15, -0.1) is 5.06 Å². The Hall–Kier alpha value is -1.92. The van der Waals surface area contributed by atoms with Crippen LogP contribution in [0.25, 0.3) is 0 Å². The normalized spacial score (nSPS) is 15.0.